The van der Waals surface area contributed by atoms with Crippen LogP contribution in [0.25, 0.3) is 0 Å². The number of carbonyl (C=O) groups excluding carboxylic acids is 2. The zero-order chi connectivity index (χ0) is 15.8. The zero-order valence-corrected chi connectivity index (χ0v) is 13.0. The van der Waals surface area contributed by atoms with E-state index in [9.17, 15) is 9.59 Å². The van der Waals surface area contributed by atoms with E-state index in [2.05, 4.69) is 10.6 Å². The second kappa shape index (κ2) is 8.31. The minimum Gasteiger partial charge on any atom is -0.352 e. The van der Waals surface area contributed by atoms with Gasteiger partial charge in [0.25, 0.3) is 11.8 Å². The number of nitrogens with two attached hydrogens (primary N) is 1. The summed E-state index contributed by atoms with van der Waals surface area (Å²) in [4.78, 5) is 24.9. The van der Waals surface area contributed by atoms with Crippen LogP contribution in [0.1, 0.15) is 32.9 Å². The number of benzene rings is 1. The molecule has 5 nitrogen and oxygen atoms in total. The topological polar surface area (TPSA) is 84.2 Å². The van der Waals surface area contributed by atoms with Crippen molar-refractivity contribution in [3.63, 3.8) is 0 Å². The molecule has 0 bridgehead atoms. The molecule has 0 saturated carbocycles. The fraction of sp³-hybridized carbons (Fsp3) is 0.250. The summed E-state index contributed by atoms with van der Waals surface area (Å²) in [7, 11) is 0. The van der Waals surface area contributed by atoms with E-state index in [0.29, 0.717) is 29.2 Å². The molecule has 1 aromatic carbocycles. The van der Waals surface area contributed by atoms with Gasteiger partial charge in [0.2, 0.25) is 0 Å². The Bertz CT molecular complexity index is 626. The van der Waals surface area contributed by atoms with Crippen LogP contribution in [0.4, 0.5) is 5.69 Å². The van der Waals surface area contributed by atoms with Crippen LogP contribution in [0.2, 0.25) is 0 Å². The van der Waals surface area contributed by atoms with Crippen molar-refractivity contribution in [2.24, 2.45) is 5.73 Å². The predicted octanol–water partition coefficient (Wildman–Crippen LogP) is 2.47. The van der Waals surface area contributed by atoms with Crippen molar-refractivity contribution in [3.05, 3.63) is 52.2 Å². The summed E-state index contributed by atoms with van der Waals surface area (Å²) in [5, 5.41) is 7.46. The Kier molecular flexibility index (Phi) is 6.12. The van der Waals surface area contributed by atoms with E-state index >= 15 is 0 Å². The molecule has 2 rings (SSSR count). The third kappa shape index (κ3) is 4.41. The molecule has 2 aromatic rings. The van der Waals surface area contributed by atoms with Gasteiger partial charge in [0.15, 0.2) is 0 Å². The summed E-state index contributed by atoms with van der Waals surface area (Å²) in [6.07, 6.45) is 1.71. The number of hydrogen-bond donors (Lipinski definition) is 3. The average Bonchev–Trinajstić information content (AvgIpc) is 3.06. The largest absolute Gasteiger partial charge is 0.352 e. The lowest BCUT2D eigenvalue weighted by Crippen LogP contribution is -2.26. The molecule has 0 unspecified atom stereocenters. The number of carbonyl (C=O) groups is 2. The average molecular weight is 317 g/mol. The number of thiophene rings is 1. The van der Waals surface area contributed by atoms with Gasteiger partial charge in [0.05, 0.1) is 16.1 Å². The molecule has 1 aromatic heterocycles. The fourth-order valence-corrected chi connectivity index (χ4v) is 2.57. The highest BCUT2D eigenvalue weighted by molar-refractivity contribution is 7.12. The van der Waals surface area contributed by atoms with Crippen molar-refractivity contribution in [1.29, 1.82) is 0 Å². The van der Waals surface area contributed by atoms with E-state index in [1.165, 1.54) is 11.3 Å². The number of anilines is 1. The van der Waals surface area contributed by atoms with E-state index in [1.54, 1.807) is 30.3 Å². The van der Waals surface area contributed by atoms with Crippen LogP contribution in [0, 0.1) is 0 Å². The molecular formula is C16H19N3O2S. The molecule has 4 N–H and O–H groups in total. The first-order valence-corrected chi connectivity index (χ1v) is 8.02. The van der Waals surface area contributed by atoms with E-state index in [0.717, 1.165) is 12.8 Å². The molecule has 0 fully saturated rings. The van der Waals surface area contributed by atoms with Gasteiger partial charge in [-0.25, -0.2) is 0 Å². The number of hydrogen-bond acceptors (Lipinski definition) is 4. The monoisotopic (exact) mass is 317 g/mol. The lowest BCUT2D eigenvalue weighted by Gasteiger charge is -2.11. The van der Waals surface area contributed by atoms with E-state index in [1.807, 2.05) is 11.4 Å². The second-order valence-electron chi connectivity index (χ2n) is 4.73. The smallest absolute Gasteiger partial charge is 0.265 e. The Labute approximate surface area is 133 Å². The molecule has 0 atom stereocenters. The molecule has 1 heterocycles. The minimum atomic E-state index is -0.210. The van der Waals surface area contributed by atoms with Crippen molar-refractivity contribution in [3.8, 4) is 0 Å². The van der Waals surface area contributed by atoms with Gasteiger partial charge in [0.1, 0.15) is 0 Å². The molecule has 0 aliphatic rings. The maximum absolute atomic E-state index is 12.2. The highest BCUT2D eigenvalue weighted by atomic mass is 32.1. The third-order valence-corrected chi connectivity index (χ3v) is 3.95. The maximum Gasteiger partial charge on any atom is 0.265 e. The van der Waals surface area contributed by atoms with Crippen molar-refractivity contribution >= 4 is 28.8 Å². The van der Waals surface area contributed by atoms with Crippen LogP contribution in [-0.2, 0) is 0 Å². The summed E-state index contributed by atoms with van der Waals surface area (Å²) in [6.45, 7) is 1.19. The van der Waals surface area contributed by atoms with Crippen LogP contribution in [0.15, 0.2) is 41.8 Å². The Morgan fingerprint density at radius 3 is 2.59 bits per heavy atom. The number of rotatable bonds is 7. The van der Waals surface area contributed by atoms with Gasteiger partial charge in [-0.2, -0.15) is 0 Å². The second-order valence-corrected chi connectivity index (χ2v) is 5.68. The molecule has 2 amide bonds. The van der Waals surface area contributed by atoms with Gasteiger partial charge < -0.3 is 16.4 Å². The standard InChI is InChI=1S/C16H19N3O2S/c17-9-3-4-10-18-15(20)12-6-1-2-7-13(12)19-16(21)14-8-5-11-22-14/h1-2,5-8,11H,3-4,9-10,17H2,(H,18,20)(H,19,21). The molecule has 0 saturated heterocycles. The van der Waals surface area contributed by atoms with Gasteiger partial charge in [-0.3, -0.25) is 9.59 Å². The fourth-order valence-electron chi connectivity index (χ4n) is 1.95. The number of unbranched alkanes of at least 4 members (excludes halogenated alkanes) is 1. The number of amides is 2. The van der Waals surface area contributed by atoms with Crippen LogP contribution < -0.4 is 16.4 Å². The number of para-hydroxylation sites is 1. The van der Waals surface area contributed by atoms with Crippen molar-refractivity contribution < 1.29 is 9.59 Å². The first kappa shape index (κ1) is 16.2. The van der Waals surface area contributed by atoms with Crippen LogP contribution in [0.5, 0.6) is 0 Å². The van der Waals surface area contributed by atoms with Crippen molar-refractivity contribution in [1.82, 2.24) is 5.32 Å². The predicted molar refractivity (Wildman–Crippen MR) is 89.3 cm³/mol. The molecular weight excluding hydrogens is 298 g/mol. The molecule has 6 heteroatoms. The Balaban J connectivity index is 2.03. The molecule has 0 aliphatic heterocycles. The first-order valence-electron chi connectivity index (χ1n) is 7.14. The van der Waals surface area contributed by atoms with Crippen LogP contribution in [-0.4, -0.2) is 24.9 Å². The third-order valence-electron chi connectivity index (χ3n) is 3.08. The summed E-state index contributed by atoms with van der Waals surface area (Å²) < 4.78 is 0. The van der Waals surface area contributed by atoms with Gasteiger partial charge in [-0.1, -0.05) is 18.2 Å². The Hall–Kier alpha value is -2.18. The lowest BCUT2D eigenvalue weighted by molar-refractivity contribution is 0.0954. The highest BCUT2D eigenvalue weighted by Crippen LogP contribution is 2.17. The van der Waals surface area contributed by atoms with Crippen molar-refractivity contribution in [2.75, 3.05) is 18.4 Å². The quantitative estimate of drug-likeness (QED) is 0.686. The van der Waals surface area contributed by atoms with Gasteiger partial charge >= 0.3 is 0 Å². The van der Waals surface area contributed by atoms with Crippen LogP contribution >= 0.6 is 11.3 Å². The molecule has 116 valence electrons. The summed E-state index contributed by atoms with van der Waals surface area (Å²) in [6, 6.07) is 10.5. The van der Waals surface area contributed by atoms with E-state index in [4.69, 9.17) is 5.73 Å². The van der Waals surface area contributed by atoms with E-state index in [-0.39, 0.29) is 11.8 Å². The molecule has 0 spiro atoms. The minimum absolute atomic E-state index is 0.195. The van der Waals surface area contributed by atoms with Gasteiger partial charge in [-0.05, 0) is 43.0 Å². The Morgan fingerprint density at radius 1 is 1.05 bits per heavy atom. The molecule has 22 heavy (non-hydrogen) atoms. The lowest BCUT2D eigenvalue weighted by atomic mass is 10.1. The highest BCUT2D eigenvalue weighted by Gasteiger charge is 2.14. The first-order chi connectivity index (χ1) is 10.7. The summed E-state index contributed by atoms with van der Waals surface area (Å²) in [5.41, 5.74) is 6.39. The van der Waals surface area contributed by atoms with E-state index < -0.39 is 0 Å². The number of nitrogens with one attached hydrogen (secondary N) is 2. The SMILES string of the molecule is NCCCCNC(=O)c1ccccc1NC(=O)c1cccs1. The maximum atomic E-state index is 12.2. The van der Waals surface area contributed by atoms with Crippen molar-refractivity contribution in [2.45, 2.75) is 12.8 Å². The summed E-state index contributed by atoms with van der Waals surface area (Å²) >= 11 is 1.36. The van der Waals surface area contributed by atoms with Gasteiger partial charge in [-0.15, -0.1) is 11.3 Å². The zero-order valence-electron chi connectivity index (χ0n) is 12.2. The molecule has 0 aliphatic carbocycles. The van der Waals surface area contributed by atoms with Crippen LogP contribution in [0.3, 0.4) is 0 Å². The summed E-state index contributed by atoms with van der Waals surface area (Å²) in [5.74, 6) is -0.405. The van der Waals surface area contributed by atoms with Gasteiger partial charge in [0, 0.05) is 6.54 Å². The molecule has 0 radical (unpaired) electrons. The Morgan fingerprint density at radius 2 is 1.86 bits per heavy atom. The normalized spacial score (nSPS) is 10.2.